The molecular weight excluding hydrogens is 224 g/mol. The molecular formula is C15H30N2O. The summed E-state index contributed by atoms with van der Waals surface area (Å²) in [5.41, 5.74) is 0.601. The zero-order valence-electron chi connectivity index (χ0n) is 12.4. The first-order valence-corrected chi connectivity index (χ1v) is 7.70. The first kappa shape index (κ1) is 14.3. The minimum absolute atomic E-state index is 0.578. The molecule has 106 valence electrons. The van der Waals surface area contributed by atoms with Gasteiger partial charge in [-0.25, -0.2) is 0 Å². The summed E-state index contributed by atoms with van der Waals surface area (Å²) in [6.07, 6.45) is 4.05. The van der Waals surface area contributed by atoms with Gasteiger partial charge in [0.05, 0.1) is 13.2 Å². The van der Waals surface area contributed by atoms with Crippen LogP contribution >= 0.6 is 0 Å². The van der Waals surface area contributed by atoms with Crippen molar-refractivity contribution < 1.29 is 4.74 Å². The van der Waals surface area contributed by atoms with Crippen molar-refractivity contribution in [3.63, 3.8) is 0 Å². The summed E-state index contributed by atoms with van der Waals surface area (Å²) in [6, 6.07) is 0.578. The van der Waals surface area contributed by atoms with Crippen LogP contribution in [0.3, 0.4) is 0 Å². The van der Waals surface area contributed by atoms with Gasteiger partial charge in [0.25, 0.3) is 0 Å². The van der Waals surface area contributed by atoms with Gasteiger partial charge in [-0.05, 0) is 37.9 Å². The Hall–Kier alpha value is -0.120. The van der Waals surface area contributed by atoms with Crippen LogP contribution in [0.15, 0.2) is 0 Å². The third-order valence-corrected chi connectivity index (χ3v) is 5.07. The molecule has 0 saturated carbocycles. The molecule has 2 aliphatic rings. The molecule has 2 heterocycles. The number of ether oxygens (including phenoxy) is 1. The highest BCUT2D eigenvalue weighted by molar-refractivity contribution is 4.87. The molecule has 0 aromatic rings. The summed E-state index contributed by atoms with van der Waals surface area (Å²) in [6.45, 7) is 13.6. The van der Waals surface area contributed by atoms with Crippen molar-refractivity contribution in [3.8, 4) is 0 Å². The van der Waals surface area contributed by atoms with Crippen molar-refractivity contribution in [3.05, 3.63) is 0 Å². The van der Waals surface area contributed by atoms with E-state index in [2.05, 4.69) is 31.0 Å². The molecule has 2 aliphatic heterocycles. The van der Waals surface area contributed by atoms with E-state index in [9.17, 15) is 0 Å². The second kappa shape index (κ2) is 6.36. The highest BCUT2D eigenvalue weighted by Gasteiger charge is 2.33. The van der Waals surface area contributed by atoms with Crippen LogP contribution in [0, 0.1) is 11.3 Å². The highest BCUT2D eigenvalue weighted by atomic mass is 16.5. The van der Waals surface area contributed by atoms with Gasteiger partial charge in [0, 0.05) is 18.5 Å². The molecule has 0 amide bonds. The van der Waals surface area contributed by atoms with Gasteiger partial charge in [-0.15, -0.1) is 0 Å². The van der Waals surface area contributed by atoms with E-state index < -0.39 is 0 Å². The molecule has 3 nitrogen and oxygen atoms in total. The molecule has 2 rings (SSSR count). The van der Waals surface area contributed by atoms with Gasteiger partial charge in [0.15, 0.2) is 0 Å². The predicted octanol–water partition coefficient (Wildman–Crippen LogP) is 2.12. The van der Waals surface area contributed by atoms with Gasteiger partial charge in [-0.3, -0.25) is 0 Å². The topological polar surface area (TPSA) is 24.5 Å². The fraction of sp³-hybridized carbons (Fsp3) is 1.00. The van der Waals surface area contributed by atoms with Gasteiger partial charge in [-0.2, -0.15) is 0 Å². The molecule has 0 aliphatic carbocycles. The standard InChI is InChI=1S/C15H30N2O/c1-4-15(3)6-8-17(9-7-15)10-13-11-18-12-14(13)16-5-2/h13-14,16H,4-12H2,1-3H3. The molecule has 1 N–H and O–H groups in total. The van der Waals surface area contributed by atoms with E-state index >= 15 is 0 Å². The lowest BCUT2D eigenvalue weighted by atomic mass is 9.78. The Morgan fingerprint density at radius 3 is 2.56 bits per heavy atom. The van der Waals surface area contributed by atoms with E-state index in [1.807, 2.05) is 0 Å². The lowest BCUT2D eigenvalue weighted by Crippen LogP contribution is -2.45. The second-order valence-electron chi connectivity index (χ2n) is 6.43. The fourth-order valence-corrected chi connectivity index (χ4v) is 3.23. The first-order valence-electron chi connectivity index (χ1n) is 7.70. The van der Waals surface area contributed by atoms with Crippen LogP contribution in [0.1, 0.15) is 40.0 Å². The van der Waals surface area contributed by atoms with E-state index in [0.29, 0.717) is 17.4 Å². The average molecular weight is 254 g/mol. The number of piperidine rings is 1. The van der Waals surface area contributed by atoms with Crippen molar-refractivity contribution in [2.75, 3.05) is 39.4 Å². The third kappa shape index (κ3) is 3.46. The molecule has 0 aromatic heterocycles. The number of nitrogens with one attached hydrogen (secondary N) is 1. The molecule has 2 saturated heterocycles. The van der Waals surface area contributed by atoms with Gasteiger partial charge in [-0.1, -0.05) is 27.2 Å². The van der Waals surface area contributed by atoms with Crippen molar-refractivity contribution in [1.29, 1.82) is 0 Å². The van der Waals surface area contributed by atoms with Gasteiger partial charge in [0.2, 0.25) is 0 Å². The average Bonchev–Trinajstić information content (AvgIpc) is 2.81. The molecule has 2 atom stereocenters. The van der Waals surface area contributed by atoms with E-state index in [0.717, 1.165) is 19.8 Å². The molecule has 0 bridgehead atoms. The molecule has 2 unspecified atom stereocenters. The van der Waals surface area contributed by atoms with E-state index in [1.165, 1.54) is 38.9 Å². The van der Waals surface area contributed by atoms with E-state index in [1.54, 1.807) is 0 Å². The normalized spacial score (nSPS) is 32.8. The van der Waals surface area contributed by atoms with Crippen LogP contribution in [0.4, 0.5) is 0 Å². The van der Waals surface area contributed by atoms with Gasteiger partial charge in [0.1, 0.15) is 0 Å². The highest BCUT2D eigenvalue weighted by Crippen LogP contribution is 2.34. The van der Waals surface area contributed by atoms with Crippen LogP contribution in [-0.4, -0.2) is 50.3 Å². The Kier molecular flexibility index (Phi) is 5.05. The summed E-state index contributed by atoms with van der Waals surface area (Å²) in [4.78, 5) is 2.65. The lowest BCUT2D eigenvalue weighted by Gasteiger charge is -2.40. The SMILES string of the molecule is CCNC1COCC1CN1CCC(C)(CC)CC1. The van der Waals surface area contributed by atoms with Gasteiger partial charge < -0.3 is 15.0 Å². The van der Waals surface area contributed by atoms with E-state index in [-0.39, 0.29) is 0 Å². The predicted molar refractivity (Wildman–Crippen MR) is 75.8 cm³/mol. The van der Waals surface area contributed by atoms with Crippen LogP contribution in [0.25, 0.3) is 0 Å². The number of nitrogens with zero attached hydrogens (tertiary/aromatic N) is 1. The minimum atomic E-state index is 0.578. The van der Waals surface area contributed by atoms with Crippen molar-refractivity contribution in [1.82, 2.24) is 10.2 Å². The lowest BCUT2D eigenvalue weighted by molar-refractivity contribution is 0.0945. The Bertz CT molecular complexity index is 249. The maximum Gasteiger partial charge on any atom is 0.0623 e. The van der Waals surface area contributed by atoms with Gasteiger partial charge >= 0.3 is 0 Å². The summed E-state index contributed by atoms with van der Waals surface area (Å²) >= 11 is 0. The monoisotopic (exact) mass is 254 g/mol. The Balaban J connectivity index is 1.77. The molecule has 0 spiro atoms. The summed E-state index contributed by atoms with van der Waals surface area (Å²) < 4.78 is 5.64. The minimum Gasteiger partial charge on any atom is -0.379 e. The smallest absolute Gasteiger partial charge is 0.0623 e. The van der Waals surface area contributed by atoms with Crippen molar-refractivity contribution in [2.45, 2.75) is 46.1 Å². The van der Waals surface area contributed by atoms with Crippen LogP contribution in [-0.2, 0) is 4.74 Å². The molecule has 0 radical (unpaired) electrons. The van der Waals surface area contributed by atoms with E-state index in [4.69, 9.17) is 4.74 Å². The summed E-state index contributed by atoms with van der Waals surface area (Å²) in [5.74, 6) is 0.691. The molecule has 18 heavy (non-hydrogen) atoms. The first-order chi connectivity index (χ1) is 8.67. The fourth-order valence-electron chi connectivity index (χ4n) is 3.23. The van der Waals surface area contributed by atoms with Crippen LogP contribution in [0.5, 0.6) is 0 Å². The zero-order valence-corrected chi connectivity index (χ0v) is 12.4. The number of hydrogen-bond acceptors (Lipinski definition) is 3. The third-order valence-electron chi connectivity index (χ3n) is 5.07. The maximum absolute atomic E-state index is 5.64. The van der Waals surface area contributed by atoms with Crippen molar-refractivity contribution in [2.24, 2.45) is 11.3 Å². The molecule has 3 heteroatoms. The molecule has 0 aromatic carbocycles. The number of likely N-dealkylation sites (tertiary alicyclic amines) is 1. The Morgan fingerprint density at radius 2 is 1.94 bits per heavy atom. The Morgan fingerprint density at radius 1 is 1.22 bits per heavy atom. The molecule has 2 fully saturated rings. The largest absolute Gasteiger partial charge is 0.379 e. The maximum atomic E-state index is 5.64. The zero-order chi connectivity index (χ0) is 13.0. The quantitative estimate of drug-likeness (QED) is 0.813. The number of hydrogen-bond donors (Lipinski definition) is 1. The number of likely N-dealkylation sites (N-methyl/N-ethyl adjacent to an activating group) is 1. The van der Waals surface area contributed by atoms with Crippen molar-refractivity contribution >= 4 is 0 Å². The number of rotatable bonds is 5. The van der Waals surface area contributed by atoms with Crippen LogP contribution in [0.2, 0.25) is 0 Å². The summed E-state index contributed by atoms with van der Waals surface area (Å²) in [7, 11) is 0. The second-order valence-corrected chi connectivity index (χ2v) is 6.43. The van der Waals surface area contributed by atoms with Crippen LogP contribution < -0.4 is 5.32 Å². The summed E-state index contributed by atoms with van der Waals surface area (Å²) in [5, 5.41) is 3.56. The Labute approximate surface area is 112 Å².